The van der Waals surface area contributed by atoms with Gasteiger partial charge in [-0.1, -0.05) is 0 Å². The van der Waals surface area contributed by atoms with Gasteiger partial charge in [0, 0.05) is 13.1 Å². The monoisotopic (exact) mass is 361 g/mol. The SMILES string of the molecule is O=c1[nH]c2cc(S(=O)(=O)Nc3cnc(N4CCCC4)nc3)ccc2o1. The number of fused-ring (bicyclic) bond motifs is 1. The molecule has 130 valence electrons. The molecule has 1 aliphatic rings. The second-order valence-corrected chi connectivity index (χ2v) is 7.43. The van der Waals surface area contributed by atoms with Crippen LogP contribution in [0.1, 0.15) is 12.8 Å². The molecule has 0 unspecified atom stereocenters. The molecule has 25 heavy (non-hydrogen) atoms. The molecule has 3 aromatic rings. The number of aromatic nitrogens is 3. The number of aromatic amines is 1. The molecular formula is C15H15N5O4S. The maximum absolute atomic E-state index is 12.5. The summed E-state index contributed by atoms with van der Waals surface area (Å²) in [6.45, 7) is 1.82. The number of sulfonamides is 1. The first-order valence-electron chi connectivity index (χ1n) is 7.74. The molecule has 9 nitrogen and oxygen atoms in total. The van der Waals surface area contributed by atoms with Gasteiger partial charge in [0.05, 0.1) is 28.5 Å². The van der Waals surface area contributed by atoms with Gasteiger partial charge in [0.2, 0.25) is 5.95 Å². The third-order valence-corrected chi connectivity index (χ3v) is 5.36. The fraction of sp³-hybridized carbons (Fsp3) is 0.267. The number of anilines is 2. The molecule has 0 aliphatic carbocycles. The van der Waals surface area contributed by atoms with Crippen LogP contribution < -0.4 is 15.4 Å². The fourth-order valence-electron chi connectivity index (χ4n) is 2.77. The van der Waals surface area contributed by atoms with E-state index in [1.807, 2.05) is 0 Å². The Morgan fingerprint density at radius 1 is 1.16 bits per heavy atom. The normalized spacial score (nSPS) is 15.0. The van der Waals surface area contributed by atoms with Crippen molar-refractivity contribution in [2.45, 2.75) is 17.7 Å². The zero-order valence-corrected chi connectivity index (χ0v) is 13.9. The largest absolute Gasteiger partial charge is 0.417 e. The zero-order chi connectivity index (χ0) is 17.4. The Bertz CT molecular complexity index is 1070. The van der Waals surface area contributed by atoms with E-state index in [2.05, 4.69) is 24.6 Å². The Balaban J connectivity index is 1.58. The maximum atomic E-state index is 12.5. The zero-order valence-electron chi connectivity index (χ0n) is 13.1. The van der Waals surface area contributed by atoms with Crippen LogP contribution in [0.4, 0.5) is 11.6 Å². The highest BCUT2D eigenvalue weighted by Crippen LogP contribution is 2.20. The van der Waals surface area contributed by atoms with E-state index in [4.69, 9.17) is 4.42 Å². The second-order valence-electron chi connectivity index (χ2n) is 5.74. The first kappa shape index (κ1) is 15.6. The Labute approximate surface area is 142 Å². The minimum atomic E-state index is -3.83. The summed E-state index contributed by atoms with van der Waals surface area (Å²) in [5.41, 5.74) is 0.875. The number of oxazole rings is 1. The molecule has 2 N–H and O–H groups in total. The summed E-state index contributed by atoms with van der Waals surface area (Å²) in [7, 11) is -3.83. The molecule has 10 heteroatoms. The molecule has 1 saturated heterocycles. The number of H-pyrrole nitrogens is 1. The highest BCUT2D eigenvalue weighted by Gasteiger charge is 2.18. The summed E-state index contributed by atoms with van der Waals surface area (Å²) in [6, 6.07) is 4.12. The van der Waals surface area contributed by atoms with Gasteiger partial charge in [0.1, 0.15) is 0 Å². The predicted molar refractivity (Wildman–Crippen MR) is 91.1 cm³/mol. The Hall–Kier alpha value is -2.88. The molecule has 1 aromatic carbocycles. The fourth-order valence-corrected chi connectivity index (χ4v) is 3.82. The van der Waals surface area contributed by atoms with Crippen LogP contribution in [0.15, 0.2) is 44.7 Å². The van der Waals surface area contributed by atoms with Gasteiger partial charge in [-0.15, -0.1) is 0 Å². The van der Waals surface area contributed by atoms with Crippen molar-refractivity contribution in [1.29, 1.82) is 0 Å². The average molecular weight is 361 g/mol. The van der Waals surface area contributed by atoms with E-state index in [0.29, 0.717) is 17.0 Å². The molecule has 2 aromatic heterocycles. The van der Waals surface area contributed by atoms with Crippen LogP contribution in [-0.2, 0) is 10.0 Å². The predicted octanol–water partition coefficient (Wildman–Crippen LogP) is 1.31. The van der Waals surface area contributed by atoms with Gasteiger partial charge in [-0.25, -0.2) is 23.2 Å². The average Bonchev–Trinajstić information content (AvgIpc) is 3.22. The van der Waals surface area contributed by atoms with Crippen LogP contribution in [0.5, 0.6) is 0 Å². The van der Waals surface area contributed by atoms with E-state index < -0.39 is 15.8 Å². The van der Waals surface area contributed by atoms with Crippen molar-refractivity contribution in [3.05, 3.63) is 41.1 Å². The van der Waals surface area contributed by atoms with E-state index >= 15 is 0 Å². The van der Waals surface area contributed by atoms with Crippen LogP contribution in [0, 0.1) is 0 Å². The smallest absolute Gasteiger partial charge is 0.408 e. The Morgan fingerprint density at radius 3 is 2.60 bits per heavy atom. The van der Waals surface area contributed by atoms with Crippen molar-refractivity contribution < 1.29 is 12.8 Å². The number of hydrogen-bond donors (Lipinski definition) is 2. The van der Waals surface area contributed by atoms with Gasteiger partial charge in [0.25, 0.3) is 10.0 Å². The molecule has 1 fully saturated rings. The van der Waals surface area contributed by atoms with Gasteiger partial charge in [0.15, 0.2) is 5.58 Å². The molecule has 0 atom stereocenters. The van der Waals surface area contributed by atoms with Crippen molar-refractivity contribution >= 4 is 32.8 Å². The lowest BCUT2D eigenvalue weighted by Gasteiger charge is -2.15. The van der Waals surface area contributed by atoms with E-state index in [1.54, 1.807) is 0 Å². The number of rotatable bonds is 4. The summed E-state index contributed by atoms with van der Waals surface area (Å²) in [5.74, 6) is -0.0405. The molecule has 4 rings (SSSR count). The summed E-state index contributed by atoms with van der Waals surface area (Å²) in [6.07, 6.45) is 5.10. The first-order chi connectivity index (χ1) is 12.0. The topological polar surface area (TPSA) is 121 Å². The lowest BCUT2D eigenvalue weighted by molar-refractivity contribution is 0.555. The summed E-state index contributed by atoms with van der Waals surface area (Å²) >= 11 is 0. The van der Waals surface area contributed by atoms with E-state index in [1.165, 1.54) is 30.6 Å². The van der Waals surface area contributed by atoms with Crippen LogP contribution >= 0.6 is 0 Å². The molecule has 0 amide bonds. The van der Waals surface area contributed by atoms with Crippen molar-refractivity contribution in [1.82, 2.24) is 15.0 Å². The van der Waals surface area contributed by atoms with E-state index in [-0.39, 0.29) is 10.6 Å². The van der Waals surface area contributed by atoms with Gasteiger partial charge in [-0.05, 0) is 31.0 Å². The first-order valence-corrected chi connectivity index (χ1v) is 9.22. The highest BCUT2D eigenvalue weighted by molar-refractivity contribution is 7.92. The summed E-state index contributed by atoms with van der Waals surface area (Å²) in [5, 5.41) is 0. The third-order valence-electron chi connectivity index (χ3n) is 3.98. The number of hydrogen-bond acceptors (Lipinski definition) is 7. The summed E-state index contributed by atoms with van der Waals surface area (Å²) < 4.78 is 32.3. The minimum absolute atomic E-state index is 0.000620. The standard InChI is InChI=1S/C15H15N5O4S/c21-15-18-12-7-11(3-4-13(12)24-15)25(22,23)19-10-8-16-14(17-9-10)20-5-1-2-6-20/h3-4,7-9,19H,1-2,5-6H2,(H,18,21). The van der Waals surface area contributed by atoms with E-state index in [0.717, 1.165) is 25.9 Å². The van der Waals surface area contributed by atoms with Gasteiger partial charge >= 0.3 is 5.76 Å². The van der Waals surface area contributed by atoms with E-state index in [9.17, 15) is 13.2 Å². The van der Waals surface area contributed by atoms with Crippen LogP contribution in [0.3, 0.4) is 0 Å². The van der Waals surface area contributed by atoms with Crippen molar-refractivity contribution in [2.75, 3.05) is 22.7 Å². The minimum Gasteiger partial charge on any atom is -0.408 e. The molecular weight excluding hydrogens is 346 g/mol. The second kappa shape index (κ2) is 5.88. The van der Waals surface area contributed by atoms with Gasteiger partial charge < -0.3 is 9.32 Å². The van der Waals surface area contributed by atoms with Crippen molar-refractivity contribution in [2.24, 2.45) is 0 Å². The third kappa shape index (κ3) is 3.07. The number of nitrogens with one attached hydrogen (secondary N) is 2. The van der Waals surface area contributed by atoms with Gasteiger partial charge in [-0.2, -0.15) is 0 Å². The molecule has 0 radical (unpaired) electrons. The molecule has 1 aliphatic heterocycles. The molecule has 3 heterocycles. The quantitative estimate of drug-likeness (QED) is 0.718. The van der Waals surface area contributed by atoms with Crippen LogP contribution in [0.25, 0.3) is 11.1 Å². The number of benzene rings is 1. The van der Waals surface area contributed by atoms with Crippen LogP contribution in [0.2, 0.25) is 0 Å². The van der Waals surface area contributed by atoms with Crippen molar-refractivity contribution in [3.8, 4) is 0 Å². The summed E-state index contributed by atoms with van der Waals surface area (Å²) in [4.78, 5) is 24.1. The van der Waals surface area contributed by atoms with Crippen LogP contribution in [-0.4, -0.2) is 36.5 Å². The highest BCUT2D eigenvalue weighted by atomic mass is 32.2. The Kier molecular flexibility index (Phi) is 3.68. The number of nitrogens with zero attached hydrogens (tertiary/aromatic N) is 3. The lowest BCUT2D eigenvalue weighted by Crippen LogP contribution is -2.20. The molecule has 0 saturated carbocycles. The maximum Gasteiger partial charge on any atom is 0.417 e. The Morgan fingerprint density at radius 2 is 1.88 bits per heavy atom. The lowest BCUT2D eigenvalue weighted by atomic mass is 10.3. The molecule has 0 bridgehead atoms. The molecule has 0 spiro atoms. The van der Waals surface area contributed by atoms with Crippen molar-refractivity contribution in [3.63, 3.8) is 0 Å². The van der Waals surface area contributed by atoms with Gasteiger partial charge in [-0.3, -0.25) is 9.71 Å².